The lowest BCUT2D eigenvalue weighted by Crippen LogP contribution is -2.42. The van der Waals surface area contributed by atoms with Crippen LogP contribution in [0.15, 0.2) is 18.2 Å². The minimum absolute atomic E-state index is 0.0389. The molecule has 1 aromatic carbocycles. The number of halogens is 2. The molecule has 0 bridgehead atoms. The van der Waals surface area contributed by atoms with E-state index >= 15 is 0 Å². The van der Waals surface area contributed by atoms with Gasteiger partial charge in [0.2, 0.25) is 5.91 Å². The first-order valence-corrected chi connectivity index (χ1v) is 6.92. The summed E-state index contributed by atoms with van der Waals surface area (Å²) in [6.45, 7) is 6.12. The second kappa shape index (κ2) is 6.60. The van der Waals surface area contributed by atoms with Crippen LogP contribution < -0.4 is 0 Å². The van der Waals surface area contributed by atoms with Crippen molar-refractivity contribution >= 4 is 29.1 Å². The predicted octanol–water partition coefficient (Wildman–Crippen LogP) is 3.16. The van der Waals surface area contributed by atoms with E-state index in [1.54, 1.807) is 36.9 Å². The van der Waals surface area contributed by atoms with Crippen LogP contribution in [0.25, 0.3) is 0 Å². The zero-order valence-electron chi connectivity index (χ0n) is 11.4. The van der Waals surface area contributed by atoms with Crippen LogP contribution in [0.4, 0.5) is 0 Å². The Morgan fingerprint density at radius 1 is 1.32 bits per heavy atom. The Morgan fingerprint density at radius 3 is 2.42 bits per heavy atom. The third-order valence-electron chi connectivity index (χ3n) is 2.65. The Bertz CT molecular complexity index is 455. The zero-order chi connectivity index (χ0) is 14.6. The molecule has 0 fully saturated rings. The fraction of sp³-hybridized carbons (Fsp3) is 0.500. The van der Waals surface area contributed by atoms with Gasteiger partial charge in [0.05, 0.1) is 22.1 Å². The summed E-state index contributed by atoms with van der Waals surface area (Å²) in [7, 11) is 0. The minimum Gasteiger partial charge on any atom is -0.389 e. The van der Waals surface area contributed by atoms with Gasteiger partial charge in [-0.2, -0.15) is 0 Å². The third-order valence-corrected chi connectivity index (χ3v) is 3.39. The Balaban J connectivity index is 2.74. The SMILES string of the molecule is CCN(CC(C)(C)O)C(=O)Cc1ccc(Cl)c(Cl)c1. The molecule has 0 aromatic heterocycles. The molecule has 0 aliphatic rings. The van der Waals surface area contributed by atoms with Gasteiger partial charge in [-0.3, -0.25) is 4.79 Å². The summed E-state index contributed by atoms with van der Waals surface area (Å²) in [4.78, 5) is 13.8. The van der Waals surface area contributed by atoms with E-state index < -0.39 is 5.60 Å². The average Bonchev–Trinajstić information content (AvgIpc) is 2.29. The lowest BCUT2D eigenvalue weighted by Gasteiger charge is -2.28. The fourth-order valence-electron chi connectivity index (χ4n) is 1.78. The zero-order valence-corrected chi connectivity index (χ0v) is 12.9. The van der Waals surface area contributed by atoms with Crippen molar-refractivity contribution in [2.75, 3.05) is 13.1 Å². The summed E-state index contributed by atoms with van der Waals surface area (Å²) < 4.78 is 0. The molecule has 19 heavy (non-hydrogen) atoms. The van der Waals surface area contributed by atoms with Crippen LogP contribution in [0.2, 0.25) is 10.0 Å². The molecule has 1 aromatic rings. The van der Waals surface area contributed by atoms with E-state index in [1.165, 1.54) is 0 Å². The molecule has 0 aliphatic carbocycles. The molecule has 0 saturated heterocycles. The molecule has 1 N–H and O–H groups in total. The smallest absolute Gasteiger partial charge is 0.227 e. The molecular weight excluding hydrogens is 285 g/mol. The predicted molar refractivity (Wildman–Crippen MR) is 78.7 cm³/mol. The molecule has 0 radical (unpaired) electrons. The average molecular weight is 304 g/mol. The summed E-state index contributed by atoms with van der Waals surface area (Å²) in [5.41, 5.74) is -0.0860. The summed E-state index contributed by atoms with van der Waals surface area (Å²) in [5.74, 6) is -0.0389. The van der Waals surface area contributed by atoms with Crippen LogP contribution in [0, 0.1) is 0 Å². The fourth-order valence-corrected chi connectivity index (χ4v) is 2.10. The number of nitrogens with zero attached hydrogens (tertiary/aromatic N) is 1. The molecule has 0 heterocycles. The largest absolute Gasteiger partial charge is 0.389 e. The molecule has 0 unspecified atom stereocenters. The topological polar surface area (TPSA) is 40.5 Å². The van der Waals surface area contributed by atoms with Gasteiger partial charge in [-0.15, -0.1) is 0 Å². The van der Waals surface area contributed by atoms with E-state index in [1.807, 2.05) is 6.92 Å². The maximum absolute atomic E-state index is 12.2. The highest BCUT2D eigenvalue weighted by Gasteiger charge is 2.21. The lowest BCUT2D eigenvalue weighted by molar-refractivity contribution is -0.133. The lowest BCUT2D eigenvalue weighted by atomic mass is 10.1. The van der Waals surface area contributed by atoms with Gasteiger partial charge in [-0.05, 0) is 38.5 Å². The highest BCUT2D eigenvalue weighted by atomic mass is 35.5. The summed E-state index contributed by atoms with van der Waals surface area (Å²) in [6, 6.07) is 5.16. The van der Waals surface area contributed by atoms with E-state index in [2.05, 4.69) is 0 Å². The number of hydrogen-bond acceptors (Lipinski definition) is 2. The summed E-state index contributed by atoms with van der Waals surface area (Å²) >= 11 is 11.8. The number of likely N-dealkylation sites (N-methyl/N-ethyl adjacent to an activating group) is 1. The second-order valence-corrected chi connectivity index (χ2v) is 5.96. The first-order chi connectivity index (χ1) is 8.73. The Labute approximate surface area is 124 Å². The van der Waals surface area contributed by atoms with Crippen molar-refractivity contribution in [3.05, 3.63) is 33.8 Å². The standard InChI is InChI=1S/C14H19Cl2NO2/c1-4-17(9-14(2,3)19)13(18)8-10-5-6-11(15)12(16)7-10/h5-7,19H,4,8-9H2,1-3H3. The molecule has 3 nitrogen and oxygen atoms in total. The van der Waals surface area contributed by atoms with Gasteiger partial charge in [-0.25, -0.2) is 0 Å². The Hall–Kier alpha value is -0.770. The highest BCUT2D eigenvalue weighted by molar-refractivity contribution is 6.42. The van der Waals surface area contributed by atoms with Crippen molar-refractivity contribution in [1.29, 1.82) is 0 Å². The molecule has 0 atom stereocenters. The molecule has 106 valence electrons. The Morgan fingerprint density at radius 2 is 1.95 bits per heavy atom. The Kier molecular flexibility index (Phi) is 5.65. The van der Waals surface area contributed by atoms with Crippen molar-refractivity contribution in [2.24, 2.45) is 0 Å². The van der Waals surface area contributed by atoms with Crippen molar-refractivity contribution in [3.8, 4) is 0 Å². The van der Waals surface area contributed by atoms with Crippen LogP contribution >= 0.6 is 23.2 Å². The van der Waals surface area contributed by atoms with Crippen LogP contribution in [-0.4, -0.2) is 34.6 Å². The maximum atomic E-state index is 12.2. The maximum Gasteiger partial charge on any atom is 0.227 e. The number of carbonyl (C=O) groups excluding carboxylic acids is 1. The molecule has 5 heteroatoms. The molecule has 0 aliphatic heterocycles. The number of aliphatic hydroxyl groups is 1. The summed E-state index contributed by atoms with van der Waals surface area (Å²) in [5, 5.41) is 10.7. The monoisotopic (exact) mass is 303 g/mol. The van der Waals surface area contributed by atoms with Crippen LogP contribution in [0.3, 0.4) is 0 Å². The quantitative estimate of drug-likeness (QED) is 0.908. The van der Waals surface area contributed by atoms with E-state index in [0.29, 0.717) is 23.1 Å². The minimum atomic E-state index is -0.899. The van der Waals surface area contributed by atoms with Gasteiger partial charge in [0.1, 0.15) is 0 Å². The molecule has 0 spiro atoms. The van der Waals surface area contributed by atoms with E-state index in [4.69, 9.17) is 23.2 Å². The second-order valence-electron chi connectivity index (χ2n) is 5.15. The number of benzene rings is 1. The van der Waals surface area contributed by atoms with Gasteiger partial charge in [-0.1, -0.05) is 29.3 Å². The first kappa shape index (κ1) is 16.3. The van der Waals surface area contributed by atoms with Crippen molar-refractivity contribution in [1.82, 2.24) is 4.90 Å². The van der Waals surface area contributed by atoms with Gasteiger partial charge >= 0.3 is 0 Å². The molecule has 1 rings (SSSR count). The van der Waals surface area contributed by atoms with Crippen molar-refractivity contribution in [2.45, 2.75) is 32.8 Å². The highest BCUT2D eigenvalue weighted by Crippen LogP contribution is 2.23. The van der Waals surface area contributed by atoms with Gasteiger partial charge in [0.15, 0.2) is 0 Å². The van der Waals surface area contributed by atoms with Gasteiger partial charge < -0.3 is 10.0 Å². The molecule has 0 saturated carbocycles. The first-order valence-electron chi connectivity index (χ1n) is 6.17. The van der Waals surface area contributed by atoms with Crippen LogP contribution in [0.1, 0.15) is 26.3 Å². The van der Waals surface area contributed by atoms with Crippen LogP contribution in [-0.2, 0) is 11.2 Å². The number of amides is 1. The summed E-state index contributed by atoms with van der Waals surface area (Å²) in [6.07, 6.45) is 0.251. The van der Waals surface area contributed by atoms with Gasteiger partial charge in [0.25, 0.3) is 0 Å². The van der Waals surface area contributed by atoms with Crippen molar-refractivity contribution in [3.63, 3.8) is 0 Å². The van der Waals surface area contributed by atoms with Gasteiger partial charge in [0, 0.05) is 13.1 Å². The molecule has 1 amide bonds. The van der Waals surface area contributed by atoms with E-state index in [9.17, 15) is 9.90 Å². The van der Waals surface area contributed by atoms with E-state index in [-0.39, 0.29) is 12.3 Å². The number of hydrogen-bond donors (Lipinski definition) is 1. The molecular formula is C14H19Cl2NO2. The van der Waals surface area contributed by atoms with E-state index in [0.717, 1.165) is 5.56 Å². The van der Waals surface area contributed by atoms with Crippen LogP contribution in [0.5, 0.6) is 0 Å². The van der Waals surface area contributed by atoms with Crippen molar-refractivity contribution < 1.29 is 9.90 Å². The third kappa shape index (κ3) is 5.39. The number of carbonyl (C=O) groups is 1. The normalized spacial score (nSPS) is 11.5. The number of rotatable bonds is 5.